The Balaban J connectivity index is 2.64. The van der Waals surface area contributed by atoms with Crippen LogP contribution in [0.25, 0.3) is 21.8 Å². The zero-order valence-corrected chi connectivity index (χ0v) is 12.9. The summed E-state index contributed by atoms with van der Waals surface area (Å²) in [4.78, 5) is 36.6. The van der Waals surface area contributed by atoms with Crippen molar-refractivity contribution in [1.29, 1.82) is 0 Å². The van der Waals surface area contributed by atoms with Crippen LogP contribution in [0.1, 0.15) is 39.8 Å². The molecular formula is C15H18N4O3. The third-order valence-electron chi connectivity index (χ3n) is 3.86. The molecule has 0 atom stereocenters. The Labute approximate surface area is 125 Å². The molecule has 2 aromatic heterocycles. The minimum Gasteiger partial charge on any atom is -0.289 e. The lowest BCUT2D eigenvalue weighted by molar-refractivity contribution is 0.533. The number of rotatable bonds is 2. The van der Waals surface area contributed by atoms with E-state index in [1.165, 1.54) is 0 Å². The van der Waals surface area contributed by atoms with Gasteiger partial charge in [-0.15, -0.1) is 0 Å². The summed E-state index contributed by atoms with van der Waals surface area (Å²) in [5.74, 6) is 0. The number of imidazole rings is 1. The molecule has 1 aromatic carbocycles. The molecule has 0 aliphatic carbocycles. The molecule has 3 aromatic rings. The first kappa shape index (κ1) is 14.4. The van der Waals surface area contributed by atoms with E-state index in [0.29, 0.717) is 11.0 Å². The number of hydrogen-bond acceptors (Lipinski definition) is 3. The highest BCUT2D eigenvalue weighted by Crippen LogP contribution is 2.23. The van der Waals surface area contributed by atoms with Gasteiger partial charge in [-0.3, -0.25) is 28.9 Å². The average Bonchev–Trinajstić information content (AvgIpc) is 2.72. The molecule has 0 radical (unpaired) electrons. The Morgan fingerprint density at radius 3 is 1.45 bits per heavy atom. The first-order valence-corrected chi connectivity index (χ1v) is 7.24. The van der Waals surface area contributed by atoms with Crippen molar-refractivity contribution in [3.8, 4) is 0 Å². The number of aromatic amines is 2. The van der Waals surface area contributed by atoms with Crippen LogP contribution in [0, 0.1) is 0 Å². The molecule has 2 heterocycles. The van der Waals surface area contributed by atoms with Crippen molar-refractivity contribution in [2.75, 3.05) is 0 Å². The van der Waals surface area contributed by atoms with Gasteiger partial charge in [0.25, 0.3) is 11.1 Å². The van der Waals surface area contributed by atoms with Crippen LogP contribution in [0.5, 0.6) is 0 Å². The van der Waals surface area contributed by atoms with Crippen molar-refractivity contribution < 1.29 is 0 Å². The van der Waals surface area contributed by atoms with Gasteiger partial charge in [-0.1, -0.05) is 0 Å². The third-order valence-corrected chi connectivity index (χ3v) is 3.86. The second-order valence-electron chi connectivity index (χ2n) is 6.00. The fraction of sp³-hybridized carbons (Fsp3) is 0.400. The van der Waals surface area contributed by atoms with Crippen molar-refractivity contribution in [3.63, 3.8) is 0 Å². The molecule has 7 heteroatoms. The SMILES string of the molecule is CC(C)n1c(=O)n(C(C)C)c2cc3c(=O)[nH][nH]c(=O)c3cc21. The number of nitrogens with zero attached hydrogens (tertiary/aromatic N) is 2. The van der Waals surface area contributed by atoms with Crippen LogP contribution in [0.2, 0.25) is 0 Å². The van der Waals surface area contributed by atoms with E-state index in [-0.39, 0.29) is 39.7 Å². The summed E-state index contributed by atoms with van der Waals surface area (Å²) in [5.41, 5.74) is 0.436. The first-order chi connectivity index (χ1) is 10.3. The fourth-order valence-corrected chi connectivity index (χ4v) is 2.91. The molecule has 0 fully saturated rings. The maximum absolute atomic E-state index is 12.7. The van der Waals surface area contributed by atoms with Crippen LogP contribution in [0.3, 0.4) is 0 Å². The highest BCUT2D eigenvalue weighted by molar-refractivity contribution is 5.94. The first-order valence-electron chi connectivity index (χ1n) is 7.24. The Bertz CT molecular complexity index is 965. The van der Waals surface area contributed by atoms with Crippen molar-refractivity contribution in [2.45, 2.75) is 39.8 Å². The highest BCUT2D eigenvalue weighted by Gasteiger charge is 2.19. The number of benzene rings is 1. The summed E-state index contributed by atoms with van der Waals surface area (Å²) in [7, 11) is 0. The van der Waals surface area contributed by atoms with Gasteiger partial charge in [0.2, 0.25) is 0 Å². The van der Waals surface area contributed by atoms with E-state index in [4.69, 9.17) is 0 Å². The molecule has 0 aliphatic heterocycles. The van der Waals surface area contributed by atoms with Crippen LogP contribution in [-0.2, 0) is 0 Å². The maximum atomic E-state index is 12.7. The normalized spacial score (nSPS) is 12.1. The molecule has 0 spiro atoms. The lowest BCUT2D eigenvalue weighted by Crippen LogP contribution is -2.26. The maximum Gasteiger partial charge on any atom is 0.329 e. The summed E-state index contributed by atoms with van der Waals surface area (Å²) in [5, 5.41) is 5.19. The van der Waals surface area contributed by atoms with Gasteiger partial charge >= 0.3 is 5.69 Å². The number of fused-ring (bicyclic) bond motifs is 2. The van der Waals surface area contributed by atoms with Gasteiger partial charge in [-0.05, 0) is 39.8 Å². The molecule has 0 unspecified atom stereocenters. The number of hydrogen-bond donors (Lipinski definition) is 2. The van der Waals surface area contributed by atoms with Gasteiger partial charge in [0.1, 0.15) is 0 Å². The quantitative estimate of drug-likeness (QED) is 0.751. The van der Waals surface area contributed by atoms with E-state index in [0.717, 1.165) is 0 Å². The van der Waals surface area contributed by atoms with Crippen LogP contribution >= 0.6 is 0 Å². The van der Waals surface area contributed by atoms with E-state index < -0.39 is 0 Å². The van der Waals surface area contributed by atoms with Gasteiger partial charge in [0.15, 0.2) is 0 Å². The summed E-state index contributed by atoms with van der Waals surface area (Å²) < 4.78 is 3.30. The van der Waals surface area contributed by atoms with Crippen molar-refractivity contribution >= 4 is 21.8 Å². The monoisotopic (exact) mass is 302 g/mol. The molecule has 0 aliphatic rings. The fourth-order valence-electron chi connectivity index (χ4n) is 2.91. The number of H-pyrrole nitrogens is 2. The average molecular weight is 302 g/mol. The molecule has 0 saturated carbocycles. The topological polar surface area (TPSA) is 92.7 Å². The molecule has 116 valence electrons. The van der Waals surface area contributed by atoms with Crippen LogP contribution in [-0.4, -0.2) is 19.3 Å². The largest absolute Gasteiger partial charge is 0.329 e. The van der Waals surface area contributed by atoms with Gasteiger partial charge in [-0.25, -0.2) is 4.79 Å². The minimum absolute atomic E-state index is 0.0477. The summed E-state index contributed by atoms with van der Waals surface area (Å²) >= 11 is 0. The second kappa shape index (κ2) is 4.72. The molecule has 0 saturated heterocycles. The van der Waals surface area contributed by atoms with Crippen LogP contribution < -0.4 is 16.8 Å². The van der Waals surface area contributed by atoms with E-state index in [1.54, 1.807) is 21.3 Å². The van der Waals surface area contributed by atoms with Crippen molar-refractivity contribution in [2.24, 2.45) is 0 Å². The second-order valence-corrected chi connectivity index (χ2v) is 6.00. The summed E-state index contributed by atoms with van der Waals surface area (Å²) in [6, 6.07) is 3.15. The predicted octanol–water partition coefficient (Wildman–Crippen LogP) is 1.49. The lowest BCUT2D eigenvalue weighted by Gasteiger charge is -2.07. The van der Waals surface area contributed by atoms with Gasteiger partial charge in [-0.2, -0.15) is 0 Å². The summed E-state index contributed by atoms with van der Waals surface area (Å²) in [6.07, 6.45) is 0. The highest BCUT2D eigenvalue weighted by atomic mass is 16.2. The molecule has 22 heavy (non-hydrogen) atoms. The van der Waals surface area contributed by atoms with Crippen molar-refractivity contribution in [1.82, 2.24) is 19.3 Å². The van der Waals surface area contributed by atoms with Crippen LogP contribution in [0.4, 0.5) is 0 Å². The molecule has 3 rings (SSSR count). The summed E-state index contributed by atoms with van der Waals surface area (Å²) in [6.45, 7) is 7.66. The Morgan fingerprint density at radius 2 is 1.14 bits per heavy atom. The molecule has 0 amide bonds. The van der Waals surface area contributed by atoms with Gasteiger partial charge < -0.3 is 0 Å². The molecule has 7 nitrogen and oxygen atoms in total. The Hall–Kier alpha value is -2.57. The molecular weight excluding hydrogens is 284 g/mol. The van der Waals surface area contributed by atoms with E-state index in [1.807, 2.05) is 27.7 Å². The molecule has 2 N–H and O–H groups in total. The number of nitrogens with one attached hydrogen (secondary N) is 2. The molecule has 0 bridgehead atoms. The Morgan fingerprint density at radius 1 is 0.773 bits per heavy atom. The Kier molecular flexibility index (Phi) is 3.09. The third kappa shape index (κ3) is 1.85. The minimum atomic E-state index is -0.378. The van der Waals surface area contributed by atoms with Crippen LogP contribution in [0.15, 0.2) is 26.5 Å². The van der Waals surface area contributed by atoms with E-state index in [9.17, 15) is 14.4 Å². The smallest absolute Gasteiger partial charge is 0.289 e. The van der Waals surface area contributed by atoms with Gasteiger partial charge in [0, 0.05) is 12.1 Å². The number of aromatic nitrogens is 4. The zero-order valence-electron chi connectivity index (χ0n) is 12.9. The standard InChI is InChI=1S/C15H18N4O3/c1-7(2)18-11-5-9-10(14(21)17-16-13(9)20)6-12(11)19(8(3)4)15(18)22/h5-8H,1-4H3,(H,16,20)(H,17,21). The van der Waals surface area contributed by atoms with Crippen molar-refractivity contribution in [3.05, 3.63) is 43.3 Å². The zero-order chi connectivity index (χ0) is 16.2. The lowest BCUT2D eigenvalue weighted by atomic mass is 10.1. The van der Waals surface area contributed by atoms with E-state index in [2.05, 4.69) is 10.2 Å². The van der Waals surface area contributed by atoms with E-state index >= 15 is 0 Å². The van der Waals surface area contributed by atoms with Gasteiger partial charge in [0.05, 0.1) is 21.8 Å². The predicted molar refractivity (Wildman–Crippen MR) is 85.7 cm³/mol.